The molecule has 2 amide bonds. The average Bonchev–Trinajstić information content (AvgIpc) is 2.89. The quantitative estimate of drug-likeness (QED) is 0.383. The number of sulfonamides is 1. The maximum absolute atomic E-state index is 13.9. The SMILES string of the molecule is COc1ccc(S(=O)(=O)N(CC(=O)N(Cc2cccc(C)c2)[C@@H](C)C(=O)NC(C)(C)C)c2ccc(F)cc2)cc1. The van der Waals surface area contributed by atoms with Crippen LogP contribution >= 0.6 is 0 Å². The van der Waals surface area contributed by atoms with Gasteiger partial charge in [0.05, 0.1) is 17.7 Å². The van der Waals surface area contributed by atoms with Gasteiger partial charge in [0, 0.05) is 12.1 Å². The van der Waals surface area contributed by atoms with Crippen LogP contribution in [0, 0.1) is 12.7 Å². The van der Waals surface area contributed by atoms with Gasteiger partial charge in [-0.05, 0) is 88.7 Å². The molecule has 0 fully saturated rings. The van der Waals surface area contributed by atoms with Crippen molar-refractivity contribution in [3.8, 4) is 5.75 Å². The van der Waals surface area contributed by atoms with Crippen molar-refractivity contribution in [2.45, 2.75) is 57.6 Å². The van der Waals surface area contributed by atoms with Crippen molar-refractivity contribution in [1.82, 2.24) is 10.2 Å². The number of methoxy groups -OCH3 is 1. The van der Waals surface area contributed by atoms with Gasteiger partial charge >= 0.3 is 0 Å². The molecule has 3 aromatic rings. The molecule has 0 spiro atoms. The molecule has 1 N–H and O–H groups in total. The zero-order chi connectivity index (χ0) is 29.7. The molecule has 0 heterocycles. The summed E-state index contributed by atoms with van der Waals surface area (Å²) in [5, 5.41) is 2.89. The van der Waals surface area contributed by atoms with Gasteiger partial charge in [0.15, 0.2) is 0 Å². The van der Waals surface area contributed by atoms with Gasteiger partial charge in [0.2, 0.25) is 11.8 Å². The molecular weight excluding hydrogens is 533 g/mol. The van der Waals surface area contributed by atoms with E-state index in [0.717, 1.165) is 27.6 Å². The fourth-order valence-corrected chi connectivity index (χ4v) is 5.49. The molecule has 0 radical (unpaired) electrons. The first-order valence-electron chi connectivity index (χ1n) is 12.8. The van der Waals surface area contributed by atoms with Crippen molar-refractivity contribution in [3.05, 3.63) is 89.7 Å². The molecule has 0 saturated heterocycles. The van der Waals surface area contributed by atoms with Gasteiger partial charge in [-0.1, -0.05) is 29.8 Å². The molecule has 10 heteroatoms. The number of nitrogens with one attached hydrogen (secondary N) is 1. The van der Waals surface area contributed by atoms with Crippen molar-refractivity contribution in [3.63, 3.8) is 0 Å². The summed E-state index contributed by atoms with van der Waals surface area (Å²) in [5.41, 5.74) is 1.33. The number of rotatable bonds is 10. The first-order chi connectivity index (χ1) is 18.7. The summed E-state index contributed by atoms with van der Waals surface area (Å²) in [6.07, 6.45) is 0. The van der Waals surface area contributed by atoms with Crippen LogP contribution < -0.4 is 14.4 Å². The third kappa shape index (κ3) is 7.81. The molecule has 0 saturated carbocycles. The van der Waals surface area contributed by atoms with Crippen LogP contribution in [-0.2, 0) is 26.2 Å². The fourth-order valence-electron chi connectivity index (χ4n) is 4.07. The van der Waals surface area contributed by atoms with E-state index in [0.29, 0.717) is 5.75 Å². The van der Waals surface area contributed by atoms with E-state index in [4.69, 9.17) is 4.74 Å². The highest BCUT2D eigenvalue weighted by Crippen LogP contribution is 2.26. The average molecular weight is 570 g/mol. The Hall–Kier alpha value is -3.92. The molecular formula is C30H36FN3O5S. The van der Waals surface area contributed by atoms with Crippen molar-refractivity contribution < 1.29 is 27.1 Å². The molecule has 0 bridgehead atoms. The molecule has 0 aliphatic heterocycles. The largest absolute Gasteiger partial charge is 0.497 e. The summed E-state index contributed by atoms with van der Waals surface area (Å²) < 4.78 is 47.4. The minimum atomic E-state index is -4.27. The number of anilines is 1. The van der Waals surface area contributed by atoms with Crippen LogP contribution in [0.25, 0.3) is 0 Å². The third-order valence-corrected chi connectivity index (χ3v) is 7.93. The topological polar surface area (TPSA) is 96.0 Å². The standard InChI is InChI=1S/C30H36FN3O5S/c1-21-8-7-9-23(18-21)19-33(22(2)29(36)32-30(3,4)5)28(35)20-34(25-12-10-24(31)11-13-25)40(37,38)27-16-14-26(39-6)15-17-27/h7-18,22H,19-20H2,1-6H3,(H,32,36)/t22-/m0/s1. The summed E-state index contributed by atoms with van der Waals surface area (Å²) in [7, 11) is -2.80. The van der Waals surface area contributed by atoms with Crippen LogP contribution in [0.4, 0.5) is 10.1 Å². The molecule has 214 valence electrons. The van der Waals surface area contributed by atoms with Crippen LogP contribution in [-0.4, -0.2) is 50.4 Å². The van der Waals surface area contributed by atoms with Crippen LogP contribution in [0.2, 0.25) is 0 Å². The van der Waals surface area contributed by atoms with Gasteiger partial charge < -0.3 is 15.0 Å². The first-order valence-corrected chi connectivity index (χ1v) is 14.2. The van der Waals surface area contributed by atoms with Crippen LogP contribution in [0.5, 0.6) is 5.75 Å². The number of carbonyl (C=O) groups is 2. The Bertz CT molecular complexity index is 1440. The predicted octanol–water partition coefficient (Wildman–Crippen LogP) is 4.67. The van der Waals surface area contributed by atoms with E-state index >= 15 is 0 Å². The molecule has 3 aromatic carbocycles. The smallest absolute Gasteiger partial charge is 0.264 e. The zero-order valence-corrected chi connectivity index (χ0v) is 24.5. The number of ether oxygens (including phenoxy) is 1. The Morgan fingerprint density at radius 2 is 1.62 bits per heavy atom. The summed E-state index contributed by atoms with van der Waals surface area (Å²) in [6.45, 7) is 8.50. The molecule has 3 rings (SSSR count). The minimum Gasteiger partial charge on any atom is -0.497 e. The van der Waals surface area contributed by atoms with Gasteiger partial charge in [-0.2, -0.15) is 0 Å². The van der Waals surface area contributed by atoms with Gasteiger partial charge in [-0.25, -0.2) is 12.8 Å². The van der Waals surface area contributed by atoms with Crippen molar-refractivity contribution in [1.29, 1.82) is 0 Å². The predicted molar refractivity (Wildman–Crippen MR) is 153 cm³/mol. The van der Waals surface area contributed by atoms with Gasteiger partial charge in [0.25, 0.3) is 10.0 Å². The lowest BCUT2D eigenvalue weighted by Gasteiger charge is -2.33. The number of nitrogens with zero attached hydrogens (tertiary/aromatic N) is 2. The lowest BCUT2D eigenvalue weighted by Crippen LogP contribution is -2.54. The van der Waals surface area contributed by atoms with Gasteiger partial charge in [-0.3, -0.25) is 13.9 Å². The Labute approximate surface area is 235 Å². The van der Waals surface area contributed by atoms with Gasteiger partial charge in [0.1, 0.15) is 24.2 Å². The van der Waals surface area contributed by atoms with E-state index in [1.165, 1.54) is 48.4 Å². The second-order valence-electron chi connectivity index (χ2n) is 10.6. The lowest BCUT2D eigenvalue weighted by atomic mass is 10.1. The Morgan fingerprint density at radius 1 is 1.00 bits per heavy atom. The number of halogens is 1. The van der Waals surface area contributed by atoms with E-state index in [9.17, 15) is 22.4 Å². The van der Waals surface area contributed by atoms with E-state index in [1.54, 1.807) is 6.92 Å². The van der Waals surface area contributed by atoms with E-state index < -0.39 is 39.9 Å². The number of carbonyl (C=O) groups excluding carboxylic acids is 2. The molecule has 0 aliphatic carbocycles. The molecule has 0 unspecified atom stereocenters. The normalized spacial score (nSPS) is 12.4. The highest BCUT2D eigenvalue weighted by Gasteiger charge is 2.33. The molecule has 0 aliphatic rings. The molecule has 1 atom stereocenters. The van der Waals surface area contributed by atoms with Crippen molar-refractivity contribution >= 4 is 27.5 Å². The first kappa shape index (κ1) is 30.6. The Balaban J connectivity index is 2.03. The second kappa shape index (κ2) is 12.5. The highest BCUT2D eigenvalue weighted by molar-refractivity contribution is 7.92. The number of hydrogen-bond donors (Lipinski definition) is 1. The van der Waals surface area contributed by atoms with Crippen LogP contribution in [0.3, 0.4) is 0 Å². The Kier molecular flexibility index (Phi) is 9.57. The maximum atomic E-state index is 13.9. The van der Waals surface area contributed by atoms with Gasteiger partial charge in [-0.15, -0.1) is 0 Å². The number of hydrogen-bond acceptors (Lipinski definition) is 5. The minimum absolute atomic E-state index is 0.0748. The molecule has 40 heavy (non-hydrogen) atoms. The van der Waals surface area contributed by atoms with E-state index in [-0.39, 0.29) is 23.0 Å². The van der Waals surface area contributed by atoms with E-state index in [1.807, 2.05) is 52.0 Å². The van der Waals surface area contributed by atoms with Crippen LogP contribution in [0.1, 0.15) is 38.8 Å². The Morgan fingerprint density at radius 3 is 2.17 bits per heavy atom. The zero-order valence-electron chi connectivity index (χ0n) is 23.6. The number of benzene rings is 3. The molecule has 8 nitrogen and oxygen atoms in total. The van der Waals surface area contributed by atoms with E-state index in [2.05, 4.69) is 5.32 Å². The summed E-state index contributed by atoms with van der Waals surface area (Å²) >= 11 is 0. The monoisotopic (exact) mass is 569 g/mol. The van der Waals surface area contributed by atoms with Crippen molar-refractivity contribution in [2.24, 2.45) is 0 Å². The lowest BCUT2D eigenvalue weighted by molar-refractivity contribution is -0.140. The fraction of sp³-hybridized carbons (Fsp3) is 0.333. The summed E-state index contributed by atoms with van der Waals surface area (Å²) in [6, 6.07) is 17.2. The molecule has 0 aromatic heterocycles. The number of amides is 2. The van der Waals surface area contributed by atoms with Crippen molar-refractivity contribution in [2.75, 3.05) is 18.0 Å². The third-order valence-electron chi connectivity index (χ3n) is 6.14. The summed E-state index contributed by atoms with van der Waals surface area (Å²) in [5.74, 6) is -1.06. The highest BCUT2D eigenvalue weighted by atomic mass is 32.2. The number of aryl methyl sites for hydroxylation is 1. The van der Waals surface area contributed by atoms with Crippen LogP contribution in [0.15, 0.2) is 77.7 Å². The summed E-state index contributed by atoms with van der Waals surface area (Å²) in [4.78, 5) is 28.3. The second-order valence-corrected chi connectivity index (χ2v) is 12.5. The maximum Gasteiger partial charge on any atom is 0.264 e.